The largest absolute Gasteiger partial charge is 0.573 e. The average Bonchev–Trinajstić information content (AvgIpc) is 2.72. The molecule has 33 heavy (non-hydrogen) atoms. The molecular weight excluding hydrogens is 463 g/mol. The molecule has 1 aliphatic heterocycles. The van der Waals surface area contributed by atoms with Crippen molar-refractivity contribution in [3.8, 4) is 11.8 Å². The van der Waals surface area contributed by atoms with Crippen LogP contribution in [0.4, 0.5) is 24.5 Å². The van der Waals surface area contributed by atoms with Crippen LogP contribution in [0.1, 0.15) is 18.9 Å². The molecule has 1 saturated heterocycles. The summed E-state index contributed by atoms with van der Waals surface area (Å²) in [5, 5.41) is 12.1. The van der Waals surface area contributed by atoms with E-state index in [0.29, 0.717) is 19.6 Å². The molecule has 0 saturated carbocycles. The van der Waals surface area contributed by atoms with Gasteiger partial charge in [-0.25, -0.2) is 8.42 Å². The van der Waals surface area contributed by atoms with Crippen molar-refractivity contribution in [3.63, 3.8) is 0 Å². The van der Waals surface area contributed by atoms with Crippen LogP contribution in [-0.4, -0.2) is 33.9 Å². The van der Waals surface area contributed by atoms with Gasteiger partial charge in [-0.3, -0.25) is 9.52 Å². The Kier molecular flexibility index (Phi) is 7.14. The summed E-state index contributed by atoms with van der Waals surface area (Å²) >= 11 is 0. The second kappa shape index (κ2) is 9.68. The lowest BCUT2D eigenvalue weighted by Gasteiger charge is -2.27. The van der Waals surface area contributed by atoms with Gasteiger partial charge in [-0.15, -0.1) is 13.2 Å². The molecule has 2 atom stereocenters. The van der Waals surface area contributed by atoms with Crippen LogP contribution < -0.4 is 14.8 Å². The van der Waals surface area contributed by atoms with Crippen molar-refractivity contribution in [2.24, 2.45) is 11.8 Å². The van der Waals surface area contributed by atoms with Crippen LogP contribution in [0, 0.1) is 23.2 Å². The number of hydrogen-bond donors (Lipinski definition) is 2. The number of rotatable bonds is 6. The smallest absolute Gasteiger partial charge is 0.406 e. The lowest BCUT2D eigenvalue weighted by molar-refractivity contribution is -0.274. The first-order valence-corrected chi connectivity index (χ1v) is 11.3. The molecule has 1 amide bonds. The Bertz CT molecular complexity index is 1180. The third-order valence-electron chi connectivity index (χ3n) is 4.95. The van der Waals surface area contributed by atoms with Gasteiger partial charge in [0.2, 0.25) is 5.91 Å². The highest BCUT2D eigenvalue weighted by Crippen LogP contribution is 2.28. The Balaban J connectivity index is 1.79. The number of ether oxygens (including phenoxy) is 2. The van der Waals surface area contributed by atoms with Gasteiger partial charge in [-0.1, -0.05) is 13.0 Å². The van der Waals surface area contributed by atoms with Gasteiger partial charge in [0.05, 0.1) is 11.3 Å². The van der Waals surface area contributed by atoms with Crippen LogP contribution >= 0.6 is 0 Å². The number of anilines is 2. The molecule has 0 unspecified atom stereocenters. The van der Waals surface area contributed by atoms with Crippen LogP contribution in [0.5, 0.6) is 5.75 Å². The van der Waals surface area contributed by atoms with Gasteiger partial charge in [0, 0.05) is 30.9 Å². The molecule has 0 radical (unpaired) electrons. The molecule has 1 heterocycles. The highest BCUT2D eigenvalue weighted by Gasteiger charge is 2.31. The zero-order chi connectivity index (χ0) is 24.2. The van der Waals surface area contributed by atoms with E-state index in [4.69, 9.17) is 4.74 Å². The zero-order valence-electron chi connectivity index (χ0n) is 17.3. The van der Waals surface area contributed by atoms with Crippen molar-refractivity contribution >= 4 is 27.3 Å². The summed E-state index contributed by atoms with van der Waals surface area (Å²) in [6, 6.07) is 9.75. The number of nitrogens with one attached hydrogen (secondary N) is 2. The Hall–Kier alpha value is -3.30. The molecule has 8 nitrogen and oxygen atoms in total. The number of sulfonamides is 1. The molecule has 0 aliphatic carbocycles. The summed E-state index contributed by atoms with van der Waals surface area (Å²) in [7, 11) is -4.33. The van der Waals surface area contributed by atoms with Crippen LogP contribution in [0.3, 0.4) is 0 Å². The Morgan fingerprint density at radius 3 is 2.64 bits per heavy atom. The number of carbonyl (C=O) groups excluding carboxylic acids is 1. The van der Waals surface area contributed by atoms with Crippen molar-refractivity contribution in [1.29, 1.82) is 5.26 Å². The molecule has 3 rings (SSSR count). The predicted octanol–water partition coefficient (Wildman–Crippen LogP) is 3.87. The van der Waals surface area contributed by atoms with Gasteiger partial charge < -0.3 is 14.8 Å². The highest BCUT2D eigenvalue weighted by molar-refractivity contribution is 7.92. The molecule has 0 bridgehead atoms. The summed E-state index contributed by atoms with van der Waals surface area (Å²) in [5.41, 5.74) is -0.190. The lowest BCUT2D eigenvalue weighted by atomic mass is 9.89. The van der Waals surface area contributed by atoms with Gasteiger partial charge >= 0.3 is 6.36 Å². The molecule has 2 aromatic carbocycles. The number of carbonyl (C=O) groups is 1. The Labute approximate surface area is 188 Å². The summed E-state index contributed by atoms with van der Waals surface area (Å²) < 4.78 is 74.0. The number of benzene rings is 2. The second-order valence-electron chi connectivity index (χ2n) is 7.44. The van der Waals surface area contributed by atoms with E-state index in [2.05, 4.69) is 14.8 Å². The summed E-state index contributed by atoms with van der Waals surface area (Å²) in [6.07, 6.45) is -4.39. The van der Waals surface area contributed by atoms with Crippen molar-refractivity contribution in [1.82, 2.24) is 0 Å². The van der Waals surface area contributed by atoms with Crippen LogP contribution in [0.25, 0.3) is 0 Å². The molecule has 0 aromatic heterocycles. The SMILES string of the molecule is C[C@@H]1COCC[C@@H]1C(=O)Nc1ccc(S(=O)(=O)Nc2cccc(OC(F)(F)F)c2)c(C#N)c1. The summed E-state index contributed by atoms with van der Waals surface area (Å²) in [6.45, 7) is 2.81. The first kappa shape index (κ1) is 24.3. The lowest BCUT2D eigenvalue weighted by Crippen LogP contribution is -2.35. The van der Waals surface area contributed by atoms with Gasteiger partial charge in [0.1, 0.15) is 16.7 Å². The van der Waals surface area contributed by atoms with Crippen LogP contribution in [0.15, 0.2) is 47.4 Å². The van der Waals surface area contributed by atoms with E-state index < -0.39 is 27.0 Å². The van der Waals surface area contributed by atoms with E-state index in [0.717, 1.165) is 18.2 Å². The van der Waals surface area contributed by atoms with Gasteiger partial charge in [-0.05, 0) is 42.7 Å². The summed E-state index contributed by atoms with van der Waals surface area (Å²) in [4.78, 5) is 12.2. The van der Waals surface area contributed by atoms with Gasteiger partial charge in [-0.2, -0.15) is 5.26 Å². The first-order chi connectivity index (χ1) is 15.5. The zero-order valence-corrected chi connectivity index (χ0v) is 18.2. The fourth-order valence-electron chi connectivity index (χ4n) is 3.40. The standard InChI is InChI=1S/C21H20F3N3O5S/c1-13-12-31-8-7-18(13)20(28)26-15-5-6-19(14(9-15)11-25)33(29,30)27-16-3-2-4-17(10-16)32-21(22,23)24/h2-6,9-10,13,18,27H,7-8,12H2,1H3,(H,26,28)/t13-,18+/m1/s1. The third-order valence-corrected chi connectivity index (χ3v) is 6.39. The molecule has 1 fully saturated rings. The Morgan fingerprint density at radius 1 is 1.21 bits per heavy atom. The quantitative estimate of drug-likeness (QED) is 0.644. The maximum Gasteiger partial charge on any atom is 0.573 e. The number of hydrogen-bond acceptors (Lipinski definition) is 6. The van der Waals surface area contributed by atoms with E-state index in [9.17, 15) is 31.6 Å². The monoisotopic (exact) mass is 483 g/mol. The molecule has 1 aliphatic rings. The molecule has 12 heteroatoms. The number of halogens is 3. The van der Waals surface area contributed by atoms with Crippen molar-refractivity contribution in [2.75, 3.05) is 23.3 Å². The second-order valence-corrected chi connectivity index (χ2v) is 9.09. The Morgan fingerprint density at radius 2 is 1.97 bits per heavy atom. The maximum absolute atomic E-state index is 12.8. The number of nitrogens with zero attached hydrogens (tertiary/aromatic N) is 1. The van der Waals surface area contributed by atoms with E-state index in [1.807, 2.05) is 6.92 Å². The van der Waals surface area contributed by atoms with Crippen molar-refractivity contribution in [2.45, 2.75) is 24.6 Å². The molecule has 176 valence electrons. The minimum absolute atomic E-state index is 0.00938. The average molecular weight is 483 g/mol. The fourth-order valence-corrected chi connectivity index (χ4v) is 4.59. The number of amides is 1. The fraction of sp³-hybridized carbons (Fsp3) is 0.333. The van der Waals surface area contributed by atoms with Gasteiger partial charge in [0.15, 0.2) is 0 Å². The normalized spacial score (nSPS) is 18.8. The van der Waals surface area contributed by atoms with Crippen LogP contribution in [-0.2, 0) is 19.6 Å². The van der Waals surface area contributed by atoms with Gasteiger partial charge in [0.25, 0.3) is 10.0 Å². The maximum atomic E-state index is 12.8. The minimum Gasteiger partial charge on any atom is -0.406 e. The molecule has 2 N–H and O–H groups in total. The molecule has 0 spiro atoms. The highest BCUT2D eigenvalue weighted by atomic mass is 32.2. The van der Waals surface area contributed by atoms with Crippen molar-refractivity contribution < 1.29 is 35.9 Å². The van der Waals surface area contributed by atoms with E-state index >= 15 is 0 Å². The van der Waals surface area contributed by atoms with Crippen LogP contribution in [0.2, 0.25) is 0 Å². The number of alkyl halides is 3. The third kappa shape index (κ3) is 6.36. The van der Waals surface area contributed by atoms with E-state index in [1.165, 1.54) is 24.3 Å². The molecular formula is C21H20F3N3O5S. The molecule has 2 aromatic rings. The predicted molar refractivity (Wildman–Crippen MR) is 112 cm³/mol. The van der Waals surface area contributed by atoms with Crippen molar-refractivity contribution in [3.05, 3.63) is 48.0 Å². The summed E-state index contributed by atoms with van der Waals surface area (Å²) in [5.74, 6) is -1.14. The number of nitriles is 1. The topological polar surface area (TPSA) is 118 Å². The first-order valence-electron chi connectivity index (χ1n) is 9.80. The van der Waals surface area contributed by atoms with E-state index in [-0.39, 0.29) is 34.7 Å². The minimum atomic E-state index is -4.94. The van der Waals surface area contributed by atoms with E-state index in [1.54, 1.807) is 6.07 Å².